The van der Waals surface area contributed by atoms with Crippen LogP contribution in [0.3, 0.4) is 0 Å². The molecule has 0 atom stereocenters. The van der Waals surface area contributed by atoms with Gasteiger partial charge in [-0.05, 0) is 29.8 Å². The molecule has 3 N–H and O–H groups in total. The Morgan fingerprint density at radius 2 is 1.86 bits per heavy atom. The van der Waals surface area contributed by atoms with E-state index < -0.39 is 17.7 Å². The Hall–Kier alpha value is -2.63. The average molecular weight is 291 g/mol. The first-order valence-electron chi connectivity index (χ1n) is 6.27. The van der Waals surface area contributed by atoms with Crippen molar-refractivity contribution in [3.8, 4) is 0 Å². The molecule has 0 radical (unpaired) electrons. The second-order valence-corrected chi connectivity index (χ2v) is 4.65. The van der Waals surface area contributed by atoms with Crippen molar-refractivity contribution in [1.29, 1.82) is 0 Å². The van der Waals surface area contributed by atoms with Crippen molar-refractivity contribution in [1.82, 2.24) is 4.90 Å². The molecule has 0 bridgehead atoms. The van der Waals surface area contributed by atoms with Crippen LogP contribution in [-0.2, 0) is 6.54 Å². The zero-order valence-electron chi connectivity index (χ0n) is 11.4. The van der Waals surface area contributed by atoms with Crippen molar-refractivity contribution in [2.24, 2.45) is 0 Å². The maximum atomic E-state index is 13.5. The molecule has 6 heteroatoms. The van der Waals surface area contributed by atoms with E-state index >= 15 is 0 Å². The molecule has 0 saturated carbocycles. The largest absolute Gasteiger partial charge is 0.399 e. The number of nitrogen functional groups attached to an aromatic ring is 1. The van der Waals surface area contributed by atoms with Crippen LogP contribution in [0, 0.1) is 11.6 Å². The number of nitrogens with two attached hydrogens (primary N) is 1. The minimum atomic E-state index is -0.816. The summed E-state index contributed by atoms with van der Waals surface area (Å²) in [5.74, 6) is -1.51. The lowest BCUT2D eigenvalue weighted by Crippen LogP contribution is -2.31. The predicted octanol–water partition coefficient (Wildman–Crippen LogP) is 3.21. The Kier molecular flexibility index (Phi) is 4.37. The normalized spacial score (nSPS) is 10.2. The molecular formula is C15H15F2N3O. The van der Waals surface area contributed by atoms with Crippen LogP contribution in [0.15, 0.2) is 42.5 Å². The van der Waals surface area contributed by atoms with Gasteiger partial charge in [0.25, 0.3) is 0 Å². The number of nitrogens with zero attached hydrogens (tertiary/aromatic N) is 1. The minimum Gasteiger partial charge on any atom is -0.399 e. The molecule has 0 aliphatic carbocycles. The molecule has 0 aromatic heterocycles. The van der Waals surface area contributed by atoms with Crippen LogP contribution < -0.4 is 11.1 Å². The van der Waals surface area contributed by atoms with Crippen LogP contribution >= 0.6 is 0 Å². The van der Waals surface area contributed by atoms with Gasteiger partial charge in [0.1, 0.15) is 11.6 Å². The van der Waals surface area contributed by atoms with Gasteiger partial charge in [-0.1, -0.05) is 12.1 Å². The number of hydrogen-bond acceptors (Lipinski definition) is 2. The summed E-state index contributed by atoms with van der Waals surface area (Å²) < 4.78 is 26.2. The second kappa shape index (κ2) is 6.21. The number of rotatable bonds is 3. The first-order valence-corrected chi connectivity index (χ1v) is 6.27. The molecule has 4 nitrogen and oxygen atoms in total. The molecule has 21 heavy (non-hydrogen) atoms. The predicted molar refractivity (Wildman–Crippen MR) is 77.7 cm³/mol. The highest BCUT2D eigenvalue weighted by Crippen LogP contribution is 2.16. The van der Waals surface area contributed by atoms with Gasteiger partial charge >= 0.3 is 6.03 Å². The molecule has 110 valence electrons. The number of benzene rings is 2. The van der Waals surface area contributed by atoms with Gasteiger partial charge in [0.2, 0.25) is 0 Å². The van der Waals surface area contributed by atoms with Crippen molar-refractivity contribution in [3.63, 3.8) is 0 Å². The van der Waals surface area contributed by atoms with E-state index in [9.17, 15) is 13.6 Å². The van der Waals surface area contributed by atoms with E-state index in [-0.39, 0.29) is 5.69 Å². The maximum absolute atomic E-state index is 13.5. The third-order valence-electron chi connectivity index (χ3n) is 2.92. The summed E-state index contributed by atoms with van der Waals surface area (Å²) in [6.45, 7) is 0.342. The third kappa shape index (κ3) is 3.92. The van der Waals surface area contributed by atoms with Crippen LogP contribution in [-0.4, -0.2) is 18.0 Å². The fourth-order valence-corrected chi connectivity index (χ4v) is 1.77. The standard InChI is InChI=1S/C15H15F2N3O/c1-20(9-10-2-5-12(18)6-3-10)15(21)19-14-7-4-11(16)8-13(14)17/h2-8H,9,18H2,1H3,(H,19,21). The number of carbonyl (C=O) groups is 1. The molecule has 0 saturated heterocycles. The van der Waals surface area contributed by atoms with Crippen LogP contribution in [0.4, 0.5) is 25.0 Å². The molecule has 0 aliphatic heterocycles. The lowest BCUT2D eigenvalue weighted by molar-refractivity contribution is 0.220. The quantitative estimate of drug-likeness (QED) is 0.853. The number of carbonyl (C=O) groups excluding carboxylic acids is 1. The topological polar surface area (TPSA) is 58.4 Å². The summed E-state index contributed by atoms with van der Waals surface area (Å²) in [6.07, 6.45) is 0. The lowest BCUT2D eigenvalue weighted by atomic mass is 10.2. The highest BCUT2D eigenvalue weighted by Gasteiger charge is 2.12. The summed E-state index contributed by atoms with van der Waals surface area (Å²) in [6, 6.07) is 9.57. The van der Waals surface area contributed by atoms with Crippen LogP contribution in [0.5, 0.6) is 0 Å². The van der Waals surface area contributed by atoms with E-state index in [2.05, 4.69) is 5.32 Å². The van der Waals surface area contributed by atoms with E-state index in [0.29, 0.717) is 12.2 Å². The number of hydrogen-bond donors (Lipinski definition) is 2. The first kappa shape index (κ1) is 14.8. The third-order valence-corrected chi connectivity index (χ3v) is 2.92. The molecule has 2 aromatic carbocycles. The summed E-state index contributed by atoms with van der Waals surface area (Å²) in [5.41, 5.74) is 7.05. The smallest absolute Gasteiger partial charge is 0.321 e. The Balaban J connectivity index is 2.00. The summed E-state index contributed by atoms with van der Waals surface area (Å²) in [7, 11) is 1.58. The fourth-order valence-electron chi connectivity index (χ4n) is 1.77. The molecule has 0 aliphatic rings. The highest BCUT2D eigenvalue weighted by atomic mass is 19.1. The number of nitrogens with one attached hydrogen (secondary N) is 1. The van der Waals surface area contributed by atoms with Gasteiger partial charge in [-0.2, -0.15) is 0 Å². The summed E-state index contributed by atoms with van der Waals surface area (Å²) in [4.78, 5) is 13.3. The summed E-state index contributed by atoms with van der Waals surface area (Å²) >= 11 is 0. The van der Waals surface area contributed by atoms with E-state index in [0.717, 1.165) is 17.7 Å². The average Bonchev–Trinajstić information content (AvgIpc) is 2.44. The highest BCUT2D eigenvalue weighted by molar-refractivity contribution is 5.89. The molecule has 2 aromatic rings. The van der Waals surface area contributed by atoms with E-state index in [1.54, 1.807) is 31.3 Å². The van der Waals surface area contributed by atoms with E-state index in [1.807, 2.05) is 0 Å². The SMILES string of the molecule is CN(Cc1ccc(N)cc1)C(=O)Nc1ccc(F)cc1F. The van der Waals surface area contributed by atoms with Crippen molar-refractivity contribution in [2.45, 2.75) is 6.54 Å². The van der Waals surface area contributed by atoms with Crippen LogP contribution in [0.1, 0.15) is 5.56 Å². The first-order chi connectivity index (χ1) is 9.95. The molecule has 0 heterocycles. The van der Waals surface area contributed by atoms with Gasteiger partial charge in [0, 0.05) is 25.3 Å². The van der Waals surface area contributed by atoms with Crippen LogP contribution in [0.25, 0.3) is 0 Å². The maximum Gasteiger partial charge on any atom is 0.321 e. The van der Waals surface area contributed by atoms with Crippen molar-refractivity contribution in [2.75, 3.05) is 18.1 Å². The van der Waals surface area contributed by atoms with Gasteiger partial charge in [-0.15, -0.1) is 0 Å². The number of anilines is 2. The zero-order valence-corrected chi connectivity index (χ0v) is 11.4. The molecule has 0 unspecified atom stereocenters. The van der Waals surface area contributed by atoms with Crippen LogP contribution in [0.2, 0.25) is 0 Å². The Morgan fingerprint density at radius 3 is 2.48 bits per heavy atom. The van der Waals surface area contributed by atoms with Gasteiger partial charge in [-0.3, -0.25) is 0 Å². The van der Waals surface area contributed by atoms with Gasteiger partial charge in [0.05, 0.1) is 5.69 Å². The molecule has 2 amide bonds. The Labute approximate surface area is 121 Å². The van der Waals surface area contributed by atoms with Gasteiger partial charge in [0.15, 0.2) is 0 Å². The molecular weight excluding hydrogens is 276 g/mol. The zero-order chi connectivity index (χ0) is 15.4. The summed E-state index contributed by atoms with van der Waals surface area (Å²) in [5, 5.41) is 2.39. The molecule has 0 spiro atoms. The Bertz CT molecular complexity index is 644. The number of halogens is 2. The second-order valence-electron chi connectivity index (χ2n) is 4.65. The molecule has 0 fully saturated rings. The monoisotopic (exact) mass is 291 g/mol. The Morgan fingerprint density at radius 1 is 1.19 bits per heavy atom. The van der Waals surface area contributed by atoms with Gasteiger partial charge < -0.3 is 16.0 Å². The fraction of sp³-hybridized carbons (Fsp3) is 0.133. The van der Waals surface area contributed by atoms with Crippen molar-refractivity contribution in [3.05, 3.63) is 59.7 Å². The molecule has 2 rings (SSSR count). The number of urea groups is 1. The van der Waals surface area contributed by atoms with E-state index in [4.69, 9.17) is 5.73 Å². The van der Waals surface area contributed by atoms with Gasteiger partial charge in [-0.25, -0.2) is 13.6 Å². The lowest BCUT2D eigenvalue weighted by Gasteiger charge is -2.18. The van der Waals surface area contributed by atoms with Crippen molar-refractivity contribution < 1.29 is 13.6 Å². The minimum absolute atomic E-state index is 0.0643. The van der Waals surface area contributed by atoms with E-state index in [1.165, 1.54) is 11.0 Å². The van der Waals surface area contributed by atoms with Crippen molar-refractivity contribution >= 4 is 17.4 Å². The number of amides is 2.